The van der Waals surface area contributed by atoms with Crippen LogP contribution in [0.25, 0.3) is 0 Å². The fourth-order valence-corrected chi connectivity index (χ4v) is 3.66. The molecular formula is C13H22N4S. The average Bonchev–Trinajstić information content (AvgIpc) is 2.30. The fourth-order valence-electron chi connectivity index (χ4n) is 2.34. The van der Waals surface area contributed by atoms with E-state index in [-0.39, 0.29) is 0 Å². The largest absolute Gasteiger partial charge is 0.339 e. The van der Waals surface area contributed by atoms with Gasteiger partial charge in [0.2, 0.25) is 5.95 Å². The number of rotatable bonds is 3. The normalized spacial score (nSPS) is 24.3. The molecule has 1 aliphatic rings. The molecule has 2 atom stereocenters. The summed E-state index contributed by atoms with van der Waals surface area (Å²) >= 11 is 2.05. The third-order valence-corrected chi connectivity index (χ3v) is 4.37. The van der Waals surface area contributed by atoms with Crippen molar-refractivity contribution >= 4 is 17.7 Å². The summed E-state index contributed by atoms with van der Waals surface area (Å²) in [6.45, 7) is 9.52. The zero-order chi connectivity index (χ0) is 13.1. The highest BCUT2D eigenvalue weighted by Gasteiger charge is 2.24. The maximum atomic E-state index is 4.65. The Balaban J connectivity index is 2.15. The minimum atomic E-state index is 0.648. The molecule has 0 saturated carbocycles. The highest BCUT2D eigenvalue weighted by atomic mass is 32.2. The van der Waals surface area contributed by atoms with Gasteiger partial charge in [-0.25, -0.2) is 9.97 Å². The van der Waals surface area contributed by atoms with Crippen LogP contribution in [0.15, 0.2) is 6.20 Å². The first kappa shape index (κ1) is 13.6. The third-order valence-electron chi connectivity index (χ3n) is 3.14. The van der Waals surface area contributed by atoms with Gasteiger partial charge in [-0.1, -0.05) is 13.8 Å². The quantitative estimate of drug-likeness (QED) is 0.904. The molecule has 1 saturated heterocycles. The Morgan fingerprint density at radius 2 is 2.06 bits per heavy atom. The lowest BCUT2D eigenvalue weighted by Gasteiger charge is -2.34. The van der Waals surface area contributed by atoms with E-state index in [4.69, 9.17) is 0 Å². The molecule has 18 heavy (non-hydrogen) atoms. The van der Waals surface area contributed by atoms with Gasteiger partial charge in [-0.05, 0) is 14.0 Å². The molecule has 2 unspecified atom stereocenters. The van der Waals surface area contributed by atoms with Crippen LogP contribution in [0.1, 0.15) is 25.1 Å². The van der Waals surface area contributed by atoms with Crippen molar-refractivity contribution in [2.75, 3.05) is 25.0 Å². The second-order valence-electron chi connectivity index (χ2n) is 4.97. The maximum absolute atomic E-state index is 4.65. The summed E-state index contributed by atoms with van der Waals surface area (Å²) in [6, 6.07) is 0. The molecule has 1 aromatic heterocycles. The van der Waals surface area contributed by atoms with Crippen molar-refractivity contribution in [3.63, 3.8) is 0 Å². The van der Waals surface area contributed by atoms with Gasteiger partial charge < -0.3 is 10.2 Å². The molecule has 1 aromatic rings. The van der Waals surface area contributed by atoms with Gasteiger partial charge in [0.15, 0.2) is 0 Å². The predicted octanol–water partition coefficient (Wildman–Crippen LogP) is 1.83. The van der Waals surface area contributed by atoms with E-state index in [0.717, 1.165) is 31.3 Å². The summed E-state index contributed by atoms with van der Waals surface area (Å²) in [6.07, 6.45) is 1.95. The van der Waals surface area contributed by atoms with E-state index in [1.54, 1.807) is 0 Å². The van der Waals surface area contributed by atoms with Crippen LogP contribution >= 0.6 is 11.8 Å². The molecule has 1 aliphatic heterocycles. The second-order valence-corrected chi connectivity index (χ2v) is 6.85. The molecule has 0 aromatic carbocycles. The number of nitrogens with zero attached hydrogens (tertiary/aromatic N) is 3. The Labute approximate surface area is 114 Å². The van der Waals surface area contributed by atoms with Crippen LogP contribution in [0.4, 0.5) is 5.95 Å². The Morgan fingerprint density at radius 1 is 1.39 bits per heavy atom. The lowest BCUT2D eigenvalue weighted by Crippen LogP contribution is -2.41. The van der Waals surface area contributed by atoms with Crippen molar-refractivity contribution < 1.29 is 0 Å². The zero-order valence-electron chi connectivity index (χ0n) is 11.6. The van der Waals surface area contributed by atoms with Crippen molar-refractivity contribution in [1.29, 1.82) is 0 Å². The van der Waals surface area contributed by atoms with Crippen LogP contribution in [-0.2, 0) is 6.54 Å². The lowest BCUT2D eigenvalue weighted by atomic mass is 10.2. The van der Waals surface area contributed by atoms with Crippen molar-refractivity contribution in [2.24, 2.45) is 0 Å². The Morgan fingerprint density at radius 3 is 2.61 bits per heavy atom. The van der Waals surface area contributed by atoms with Crippen molar-refractivity contribution in [3.8, 4) is 0 Å². The minimum absolute atomic E-state index is 0.648. The molecule has 2 rings (SSSR count). The number of aromatic nitrogens is 2. The SMILES string of the molecule is CNCc1cnc(N2CC(C)SC(C)C2)nc1C. The second kappa shape index (κ2) is 5.89. The molecule has 5 heteroatoms. The van der Waals surface area contributed by atoms with Gasteiger partial charge >= 0.3 is 0 Å². The van der Waals surface area contributed by atoms with Gasteiger partial charge in [0.1, 0.15) is 0 Å². The number of nitrogens with one attached hydrogen (secondary N) is 1. The summed E-state index contributed by atoms with van der Waals surface area (Å²) in [5.74, 6) is 0.881. The maximum Gasteiger partial charge on any atom is 0.225 e. The van der Waals surface area contributed by atoms with Crippen LogP contribution in [0, 0.1) is 6.92 Å². The first-order valence-electron chi connectivity index (χ1n) is 6.47. The monoisotopic (exact) mass is 266 g/mol. The first-order chi connectivity index (χ1) is 8.60. The number of hydrogen-bond donors (Lipinski definition) is 1. The average molecular weight is 266 g/mol. The number of aryl methyl sites for hydroxylation is 1. The third kappa shape index (κ3) is 3.14. The van der Waals surface area contributed by atoms with E-state index < -0.39 is 0 Å². The molecule has 1 fully saturated rings. The summed E-state index contributed by atoms with van der Waals surface area (Å²) in [5, 5.41) is 4.44. The van der Waals surface area contributed by atoms with Crippen molar-refractivity contribution in [1.82, 2.24) is 15.3 Å². The molecule has 0 radical (unpaired) electrons. The van der Waals surface area contributed by atoms with Gasteiger partial charge in [0, 0.05) is 47.6 Å². The van der Waals surface area contributed by atoms with Crippen LogP contribution in [0.2, 0.25) is 0 Å². The summed E-state index contributed by atoms with van der Waals surface area (Å²) in [5.41, 5.74) is 2.25. The van der Waals surface area contributed by atoms with Gasteiger partial charge in [-0.2, -0.15) is 11.8 Å². The smallest absolute Gasteiger partial charge is 0.225 e. The van der Waals surface area contributed by atoms with Gasteiger partial charge in [-0.3, -0.25) is 0 Å². The Bertz CT molecular complexity index is 400. The molecule has 1 N–H and O–H groups in total. The van der Waals surface area contributed by atoms with Gasteiger partial charge in [0.25, 0.3) is 0 Å². The van der Waals surface area contributed by atoms with Crippen LogP contribution < -0.4 is 10.2 Å². The van der Waals surface area contributed by atoms with E-state index in [2.05, 4.69) is 41.0 Å². The van der Waals surface area contributed by atoms with E-state index in [9.17, 15) is 0 Å². The molecule has 4 nitrogen and oxygen atoms in total. The highest BCUT2D eigenvalue weighted by Crippen LogP contribution is 2.26. The molecule has 0 aliphatic carbocycles. The van der Waals surface area contributed by atoms with E-state index in [0.29, 0.717) is 10.5 Å². The highest BCUT2D eigenvalue weighted by molar-refractivity contribution is 8.00. The molecule has 2 heterocycles. The summed E-state index contributed by atoms with van der Waals surface area (Å²) < 4.78 is 0. The van der Waals surface area contributed by atoms with Crippen molar-refractivity contribution in [2.45, 2.75) is 37.8 Å². The van der Waals surface area contributed by atoms with Crippen LogP contribution in [0.3, 0.4) is 0 Å². The predicted molar refractivity (Wildman–Crippen MR) is 78.3 cm³/mol. The van der Waals surface area contributed by atoms with E-state index in [1.807, 2.05) is 25.0 Å². The van der Waals surface area contributed by atoms with Crippen LogP contribution in [-0.4, -0.2) is 40.6 Å². The van der Waals surface area contributed by atoms with Crippen LogP contribution in [0.5, 0.6) is 0 Å². The first-order valence-corrected chi connectivity index (χ1v) is 7.42. The molecule has 0 amide bonds. The standard InChI is InChI=1S/C13H22N4S/c1-9-7-17(8-10(2)18-9)13-15-6-12(5-14-4)11(3)16-13/h6,9-10,14H,5,7-8H2,1-4H3. The fraction of sp³-hybridized carbons (Fsp3) is 0.692. The summed E-state index contributed by atoms with van der Waals surface area (Å²) in [4.78, 5) is 11.5. The van der Waals surface area contributed by atoms with Crippen molar-refractivity contribution in [3.05, 3.63) is 17.5 Å². The molecule has 0 bridgehead atoms. The number of anilines is 1. The van der Waals surface area contributed by atoms with E-state index in [1.165, 1.54) is 5.56 Å². The lowest BCUT2D eigenvalue weighted by molar-refractivity contribution is 0.700. The topological polar surface area (TPSA) is 41.1 Å². The van der Waals surface area contributed by atoms with Gasteiger partial charge in [-0.15, -0.1) is 0 Å². The van der Waals surface area contributed by atoms with Gasteiger partial charge in [0.05, 0.1) is 0 Å². The number of thioether (sulfide) groups is 1. The zero-order valence-corrected chi connectivity index (χ0v) is 12.4. The Hall–Kier alpha value is -0.810. The summed E-state index contributed by atoms with van der Waals surface area (Å²) in [7, 11) is 1.94. The molecule has 100 valence electrons. The molecular weight excluding hydrogens is 244 g/mol. The Kier molecular flexibility index (Phi) is 4.45. The minimum Gasteiger partial charge on any atom is -0.339 e. The molecule has 0 spiro atoms. The number of hydrogen-bond acceptors (Lipinski definition) is 5. The van der Waals surface area contributed by atoms with E-state index >= 15 is 0 Å².